The molecule has 1 aliphatic heterocycles. The fourth-order valence-corrected chi connectivity index (χ4v) is 7.98. The van der Waals surface area contributed by atoms with Crippen molar-refractivity contribution in [2.75, 3.05) is 43.1 Å². The van der Waals surface area contributed by atoms with Gasteiger partial charge in [0.15, 0.2) is 5.13 Å². The number of carboxylic acid groups (broad SMARTS) is 1. The summed E-state index contributed by atoms with van der Waals surface area (Å²) in [6.07, 6.45) is 5.89. The van der Waals surface area contributed by atoms with Crippen molar-refractivity contribution in [3.05, 3.63) is 30.5 Å². The average Bonchev–Trinajstić information content (AvgIpc) is 3.55. The summed E-state index contributed by atoms with van der Waals surface area (Å²) in [5, 5.41) is 12.6. The van der Waals surface area contributed by atoms with Crippen LogP contribution < -0.4 is 10.2 Å². The number of ether oxygens (including phenoxy) is 1. The van der Waals surface area contributed by atoms with Crippen LogP contribution >= 0.6 is 23.1 Å². The predicted molar refractivity (Wildman–Crippen MR) is 144 cm³/mol. The van der Waals surface area contributed by atoms with Crippen molar-refractivity contribution in [1.29, 1.82) is 0 Å². The highest BCUT2D eigenvalue weighted by atomic mass is 32.2. The van der Waals surface area contributed by atoms with Crippen LogP contribution in [0.2, 0.25) is 0 Å². The number of aromatic nitrogens is 1. The summed E-state index contributed by atoms with van der Waals surface area (Å²) < 4.78 is 32.3. The van der Waals surface area contributed by atoms with Crippen molar-refractivity contribution in [2.45, 2.75) is 53.4 Å². The molecule has 0 radical (unpaired) electrons. The maximum Gasteiger partial charge on any atom is 0.328 e. The van der Waals surface area contributed by atoms with E-state index < -0.39 is 20.7 Å². The van der Waals surface area contributed by atoms with Gasteiger partial charge in [0.2, 0.25) is 10.0 Å². The molecule has 1 aliphatic carbocycles. The number of urea groups is 1. The smallest absolute Gasteiger partial charge is 0.328 e. The molecule has 1 aromatic heterocycles. The molecular formula is C24H32N4O6S3. The molecule has 1 aromatic carbocycles. The lowest BCUT2D eigenvalue weighted by Crippen LogP contribution is -2.40. The zero-order valence-corrected chi connectivity index (χ0v) is 23.3. The first kappa shape index (κ1) is 27.8. The Morgan fingerprint density at radius 3 is 2.49 bits per heavy atom. The van der Waals surface area contributed by atoms with Gasteiger partial charge < -0.3 is 9.84 Å². The van der Waals surface area contributed by atoms with E-state index in [0.717, 1.165) is 25.7 Å². The first-order valence-corrected chi connectivity index (χ1v) is 15.3. The minimum absolute atomic E-state index is 0.182. The van der Waals surface area contributed by atoms with Gasteiger partial charge in [0.1, 0.15) is 4.75 Å². The van der Waals surface area contributed by atoms with E-state index in [2.05, 4.69) is 10.3 Å². The highest BCUT2D eigenvalue weighted by Gasteiger charge is 2.30. The van der Waals surface area contributed by atoms with E-state index in [0.29, 0.717) is 53.8 Å². The van der Waals surface area contributed by atoms with Crippen molar-refractivity contribution in [3.8, 4) is 0 Å². The number of aliphatic carboxylic acids is 1. The molecule has 1 saturated carbocycles. The minimum atomic E-state index is -3.63. The Morgan fingerprint density at radius 2 is 1.86 bits per heavy atom. The number of thiazole rings is 1. The van der Waals surface area contributed by atoms with Crippen LogP contribution in [0.25, 0.3) is 0 Å². The van der Waals surface area contributed by atoms with Crippen molar-refractivity contribution in [2.24, 2.45) is 5.92 Å². The van der Waals surface area contributed by atoms with Crippen LogP contribution in [0.1, 0.15) is 39.5 Å². The Kier molecular flexibility index (Phi) is 8.79. The summed E-state index contributed by atoms with van der Waals surface area (Å²) in [5.41, 5.74) is 0.600. The van der Waals surface area contributed by atoms with E-state index in [1.54, 1.807) is 49.2 Å². The van der Waals surface area contributed by atoms with Crippen LogP contribution in [0, 0.1) is 5.92 Å². The van der Waals surface area contributed by atoms with Crippen molar-refractivity contribution >= 4 is 55.9 Å². The Morgan fingerprint density at radius 1 is 1.22 bits per heavy atom. The summed E-state index contributed by atoms with van der Waals surface area (Å²) in [4.78, 5) is 30.9. The largest absolute Gasteiger partial charge is 0.480 e. The van der Waals surface area contributed by atoms with Gasteiger partial charge >= 0.3 is 12.0 Å². The van der Waals surface area contributed by atoms with E-state index in [1.807, 2.05) is 0 Å². The second-order valence-corrected chi connectivity index (χ2v) is 14.5. The number of sulfonamides is 1. The van der Waals surface area contributed by atoms with Gasteiger partial charge in [-0.15, -0.1) is 0 Å². The standard InChI is InChI=1S/C24H32N4O6S3/c1-24(2,21(29)30)36-20-15-25-22(35-20)26-23(31)28(16-17-5-3-4-6-17)18-7-9-19(10-8-18)37(32,33)27-11-13-34-14-12-27/h7-10,15,17H,3-6,11-14,16H2,1-2H3,(H,29,30)(H,25,26,31). The van der Waals surface area contributed by atoms with E-state index in [4.69, 9.17) is 4.74 Å². The second kappa shape index (κ2) is 11.7. The first-order valence-electron chi connectivity index (χ1n) is 12.2. The molecule has 2 aliphatic rings. The van der Waals surface area contributed by atoms with E-state index >= 15 is 0 Å². The molecule has 2 aromatic rings. The number of benzene rings is 1. The first-order chi connectivity index (χ1) is 17.6. The number of thioether (sulfide) groups is 1. The molecule has 4 rings (SSSR count). The van der Waals surface area contributed by atoms with E-state index in [-0.39, 0.29) is 10.9 Å². The SMILES string of the molecule is CC(C)(Sc1cnc(NC(=O)N(CC2CCCC2)c2ccc(S(=O)(=O)N3CCOCC3)cc2)s1)C(=O)O. The normalized spacial score (nSPS) is 17.6. The number of hydrogen-bond donors (Lipinski definition) is 2. The topological polar surface area (TPSA) is 129 Å². The number of morpholine rings is 1. The summed E-state index contributed by atoms with van der Waals surface area (Å²) in [5.74, 6) is -0.570. The number of carbonyl (C=O) groups is 2. The van der Waals surface area contributed by atoms with Gasteiger partial charge in [0.05, 0.1) is 28.5 Å². The average molecular weight is 569 g/mol. The van der Waals surface area contributed by atoms with Crippen LogP contribution in [0.15, 0.2) is 39.6 Å². The van der Waals surface area contributed by atoms with Gasteiger partial charge in [-0.05, 0) is 56.9 Å². The van der Waals surface area contributed by atoms with Gasteiger partial charge in [-0.25, -0.2) is 18.2 Å². The molecule has 10 nitrogen and oxygen atoms in total. The summed E-state index contributed by atoms with van der Waals surface area (Å²) in [7, 11) is -3.63. The number of rotatable bonds is 9. The lowest BCUT2D eigenvalue weighted by atomic mass is 10.1. The van der Waals surface area contributed by atoms with E-state index in [9.17, 15) is 23.1 Å². The number of nitrogens with zero attached hydrogens (tertiary/aromatic N) is 3. The number of carbonyl (C=O) groups excluding carboxylic acids is 1. The van der Waals surface area contributed by atoms with Gasteiger partial charge in [-0.3, -0.25) is 15.0 Å². The molecule has 0 bridgehead atoms. The summed E-state index contributed by atoms with van der Waals surface area (Å²) in [6, 6.07) is 6.06. The molecule has 0 atom stereocenters. The lowest BCUT2D eigenvalue weighted by molar-refractivity contribution is -0.138. The Bertz CT molecular complexity index is 1200. The Hall–Kier alpha value is -2.19. The molecule has 37 heavy (non-hydrogen) atoms. The third-order valence-electron chi connectivity index (χ3n) is 6.49. The van der Waals surface area contributed by atoms with Gasteiger partial charge in [-0.1, -0.05) is 35.9 Å². The maximum absolute atomic E-state index is 13.4. The molecule has 202 valence electrons. The molecular weight excluding hydrogens is 536 g/mol. The molecule has 1 saturated heterocycles. The lowest BCUT2D eigenvalue weighted by Gasteiger charge is -2.27. The van der Waals surface area contributed by atoms with Crippen LogP contribution in [0.4, 0.5) is 15.6 Å². The highest BCUT2D eigenvalue weighted by molar-refractivity contribution is 8.03. The number of hydrogen-bond acceptors (Lipinski definition) is 8. The number of anilines is 2. The maximum atomic E-state index is 13.4. The molecule has 2 amide bonds. The monoisotopic (exact) mass is 568 g/mol. The van der Waals surface area contributed by atoms with Crippen LogP contribution in [0.5, 0.6) is 0 Å². The zero-order valence-electron chi connectivity index (χ0n) is 20.9. The molecule has 2 fully saturated rings. The van der Waals surface area contributed by atoms with Gasteiger partial charge in [0.25, 0.3) is 0 Å². The molecule has 2 heterocycles. The fourth-order valence-electron chi connectivity index (χ4n) is 4.31. The van der Waals surface area contributed by atoms with Crippen molar-refractivity contribution in [3.63, 3.8) is 0 Å². The third-order valence-corrected chi connectivity index (χ3v) is 10.6. The Labute approximate surface area is 225 Å². The van der Waals surface area contributed by atoms with Crippen LogP contribution in [-0.2, 0) is 19.6 Å². The summed E-state index contributed by atoms with van der Waals surface area (Å²) in [6.45, 7) is 5.12. The number of amides is 2. The third kappa shape index (κ3) is 6.82. The second-order valence-electron chi connectivity index (χ2n) is 9.60. The van der Waals surface area contributed by atoms with Gasteiger partial charge in [-0.2, -0.15) is 4.31 Å². The van der Waals surface area contributed by atoms with Crippen molar-refractivity contribution < 1.29 is 27.9 Å². The Balaban J connectivity index is 1.51. The number of nitrogens with one attached hydrogen (secondary N) is 1. The van der Waals surface area contributed by atoms with Gasteiger partial charge in [0, 0.05) is 25.3 Å². The molecule has 0 spiro atoms. The number of carboxylic acids is 1. The van der Waals surface area contributed by atoms with Crippen molar-refractivity contribution in [1.82, 2.24) is 9.29 Å². The molecule has 0 unspecified atom stereocenters. The molecule has 13 heteroatoms. The summed E-state index contributed by atoms with van der Waals surface area (Å²) >= 11 is 2.39. The highest BCUT2D eigenvalue weighted by Crippen LogP contribution is 2.38. The molecule has 2 N–H and O–H groups in total. The zero-order chi connectivity index (χ0) is 26.6. The van der Waals surface area contributed by atoms with E-state index in [1.165, 1.54) is 27.4 Å². The quantitative estimate of drug-likeness (QED) is 0.427. The predicted octanol–water partition coefficient (Wildman–Crippen LogP) is 4.35. The van der Waals surface area contributed by atoms with Crippen LogP contribution in [0.3, 0.4) is 0 Å². The minimum Gasteiger partial charge on any atom is -0.480 e. The fraction of sp³-hybridized carbons (Fsp3) is 0.542. The van der Waals surface area contributed by atoms with Crippen LogP contribution in [-0.4, -0.2) is 72.4 Å².